The highest BCUT2D eigenvalue weighted by molar-refractivity contribution is 5.87. The maximum Gasteiger partial charge on any atom is 0.335 e. The molecule has 0 radical (unpaired) electrons. The summed E-state index contributed by atoms with van der Waals surface area (Å²) in [5.41, 5.74) is 2.56. The predicted octanol–water partition coefficient (Wildman–Crippen LogP) is 2.64. The molecule has 4 heteroatoms. The molecule has 1 aliphatic carbocycles. The Morgan fingerprint density at radius 1 is 1.13 bits per heavy atom. The van der Waals surface area contributed by atoms with Gasteiger partial charge in [0.05, 0.1) is 12.2 Å². The van der Waals surface area contributed by atoms with Crippen molar-refractivity contribution in [1.29, 1.82) is 0 Å². The lowest BCUT2D eigenvalue weighted by molar-refractivity contribution is 0.0697. The number of hydrogen-bond acceptors (Lipinski definition) is 3. The lowest BCUT2D eigenvalue weighted by Crippen LogP contribution is -2.27. The smallest absolute Gasteiger partial charge is 0.335 e. The summed E-state index contributed by atoms with van der Waals surface area (Å²) in [5.74, 6) is -0.497. The second-order valence-corrected chi connectivity index (χ2v) is 6.29. The molecule has 0 aromatic heterocycles. The molecule has 23 heavy (non-hydrogen) atoms. The molecule has 120 valence electrons. The summed E-state index contributed by atoms with van der Waals surface area (Å²) in [6.45, 7) is 1.60. The summed E-state index contributed by atoms with van der Waals surface area (Å²) in [7, 11) is 0. The van der Waals surface area contributed by atoms with Gasteiger partial charge in [0.15, 0.2) is 0 Å². The van der Waals surface area contributed by atoms with E-state index in [1.54, 1.807) is 12.1 Å². The molecular weight excluding hydrogens is 290 g/mol. The van der Waals surface area contributed by atoms with Gasteiger partial charge in [0.2, 0.25) is 0 Å². The molecular formula is C19H21NO3. The van der Waals surface area contributed by atoms with Crippen molar-refractivity contribution in [3.8, 4) is 0 Å². The maximum absolute atomic E-state index is 10.8. The van der Waals surface area contributed by atoms with Crippen molar-refractivity contribution in [2.24, 2.45) is 5.41 Å². The summed E-state index contributed by atoms with van der Waals surface area (Å²) in [6, 6.07) is 17.2. The molecule has 4 nitrogen and oxygen atoms in total. The van der Waals surface area contributed by atoms with Gasteiger partial charge in [0.25, 0.3) is 0 Å². The number of benzene rings is 2. The van der Waals surface area contributed by atoms with E-state index in [9.17, 15) is 9.90 Å². The molecule has 0 amide bonds. The fourth-order valence-electron chi connectivity index (χ4n) is 3.15. The van der Waals surface area contributed by atoms with Gasteiger partial charge < -0.3 is 15.5 Å². The third-order valence-electron chi connectivity index (χ3n) is 4.71. The second-order valence-electron chi connectivity index (χ2n) is 6.29. The number of carboxylic acid groups (broad SMARTS) is 1. The molecule has 2 aromatic rings. The van der Waals surface area contributed by atoms with Crippen LogP contribution in [0.2, 0.25) is 0 Å². The largest absolute Gasteiger partial charge is 0.478 e. The molecule has 2 aromatic carbocycles. The summed E-state index contributed by atoms with van der Waals surface area (Å²) in [5, 5.41) is 22.1. The van der Waals surface area contributed by atoms with Crippen molar-refractivity contribution < 1.29 is 15.0 Å². The van der Waals surface area contributed by atoms with Crippen LogP contribution < -0.4 is 5.32 Å². The normalized spacial score (nSPS) is 22.7. The highest BCUT2D eigenvalue weighted by atomic mass is 16.4. The minimum absolute atomic E-state index is 0.0671. The van der Waals surface area contributed by atoms with E-state index in [4.69, 9.17) is 5.11 Å². The molecule has 0 bridgehead atoms. The third-order valence-corrected chi connectivity index (χ3v) is 4.71. The minimum Gasteiger partial charge on any atom is -0.478 e. The first-order valence-electron chi connectivity index (χ1n) is 7.83. The van der Waals surface area contributed by atoms with Crippen molar-refractivity contribution in [3.63, 3.8) is 0 Å². The summed E-state index contributed by atoms with van der Waals surface area (Å²) >= 11 is 0. The van der Waals surface area contributed by atoms with Crippen LogP contribution in [0.25, 0.3) is 0 Å². The molecule has 3 N–H and O–H groups in total. The van der Waals surface area contributed by atoms with E-state index in [-0.39, 0.29) is 12.0 Å². The van der Waals surface area contributed by atoms with E-state index in [1.165, 1.54) is 5.56 Å². The van der Waals surface area contributed by atoms with Crippen molar-refractivity contribution in [1.82, 2.24) is 5.32 Å². The Balaban J connectivity index is 1.54. The number of aromatic carboxylic acids is 1. The monoisotopic (exact) mass is 311 g/mol. The molecule has 3 rings (SSSR count). The zero-order chi connectivity index (χ0) is 16.3. The highest BCUT2D eigenvalue weighted by Gasteiger charge is 2.53. The van der Waals surface area contributed by atoms with Gasteiger partial charge in [-0.25, -0.2) is 4.79 Å². The summed E-state index contributed by atoms with van der Waals surface area (Å²) < 4.78 is 0. The molecule has 0 heterocycles. The van der Waals surface area contributed by atoms with E-state index in [0.29, 0.717) is 18.0 Å². The lowest BCUT2D eigenvalue weighted by atomic mass is 9.99. The van der Waals surface area contributed by atoms with Gasteiger partial charge in [-0.15, -0.1) is 0 Å². The lowest BCUT2D eigenvalue weighted by Gasteiger charge is -2.16. The minimum atomic E-state index is -0.910. The molecule has 0 spiro atoms. The molecule has 2 atom stereocenters. The van der Waals surface area contributed by atoms with Crippen molar-refractivity contribution in [2.75, 3.05) is 13.2 Å². The third kappa shape index (κ3) is 3.44. The Morgan fingerprint density at radius 2 is 1.83 bits per heavy atom. The summed E-state index contributed by atoms with van der Waals surface area (Å²) in [6.07, 6.45) is 0.998. The van der Waals surface area contributed by atoms with Crippen LogP contribution in [0.4, 0.5) is 0 Å². The van der Waals surface area contributed by atoms with E-state index < -0.39 is 5.97 Å². The van der Waals surface area contributed by atoms with Gasteiger partial charge in [0, 0.05) is 18.5 Å². The number of aliphatic hydroxyl groups is 1. The molecule has 1 saturated carbocycles. The number of hydrogen-bond donors (Lipinski definition) is 3. The fourth-order valence-corrected chi connectivity index (χ4v) is 3.15. The average Bonchev–Trinajstić information content (AvgIpc) is 3.31. The SMILES string of the molecule is O=C(O)c1ccc(CNCC2(CO)CC2c2ccccc2)cc1. The van der Waals surface area contributed by atoms with Crippen LogP contribution in [0.5, 0.6) is 0 Å². The van der Waals surface area contributed by atoms with Gasteiger partial charge in [-0.05, 0) is 35.6 Å². The van der Waals surface area contributed by atoms with Crippen molar-refractivity contribution in [2.45, 2.75) is 18.9 Å². The Bertz CT molecular complexity index is 669. The van der Waals surface area contributed by atoms with E-state index in [0.717, 1.165) is 18.5 Å². The fraction of sp³-hybridized carbons (Fsp3) is 0.316. The van der Waals surface area contributed by atoms with Crippen LogP contribution in [-0.4, -0.2) is 29.3 Å². The van der Waals surface area contributed by atoms with Crippen LogP contribution in [0.15, 0.2) is 54.6 Å². The molecule has 1 fully saturated rings. The number of carbonyl (C=O) groups is 1. The number of nitrogens with one attached hydrogen (secondary N) is 1. The van der Waals surface area contributed by atoms with Gasteiger partial charge in [-0.3, -0.25) is 0 Å². The predicted molar refractivity (Wildman–Crippen MR) is 88.4 cm³/mol. The number of aliphatic hydroxyl groups excluding tert-OH is 1. The standard InChI is InChI=1S/C19H21NO3/c21-13-19(10-17(19)15-4-2-1-3-5-15)12-20-11-14-6-8-16(9-7-14)18(22)23/h1-9,17,20-21H,10-13H2,(H,22,23). The molecule has 0 aliphatic heterocycles. The highest BCUT2D eigenvalue weighted by Crippen LogP contribution is 2.58. The molecule has 0 saturated heterocycles. The second kappa shape index (κ2) is 6.52. The molecule has 1 aliphatic rings. The topological polar surface area (TPSA) is 69.6 Å². The average molecular weight is 311 g/mol. The van der Waals surface area contributed by atoms with Gasteiger partial charge >= 0.3 is 5.97 Å². The van der Waals surface area contributed by atoms with Crippen molar-refractivity contribution in [3.05, 3.63) is 71.3 Å². The van der Waals surface area contributed by atoms with Crippen LogP contribution in [0.1, 0.15) is 33.8 Å². The zero-order valence-electron chi connectivity index (χ0n) is 12.9. The van der Waals surface area contributed by atoms with Gasteiger partial charge in [0.1, 0.15) is 0 Å². The van der Waals surface area contributed by atoms with Crippen LogP contribution in [-0.2, 0) is 6.54 Å². The first-order chi connectivity index (χ1) is 11.1. The Kier molecular flexibility index (Phi) is 4.46. The Hall–Kier alpha value is -2.17. The zero-order valence-corrected chi connectivity index (χ0v) is 12.9. The first-order valence-corrected chi connectivity index (χ1v) is 7.83. The van der Waals surface area contributed by atoms with Crippen LogP contribution in [0, 0.1) is 5.41 Å². The number of rotatable bonds is 7. The van der Waals surface area contributed by atoms with E-state index in [1.807, 2.05) is 30.3 Å². The van der Waals surface area contributed by atoms with Crippen LogP contribution >= 0.6 is 0 Å². The maximum atomic E-state index is 10.8. The molecule has 2 unspecified atom stereocenters. The quantitative estimate of drug-likeness (QED) is 0.735. The van der Waals surface area contributed by atoms with Gasteiger partial charge in [-0.2, -0.15) is 0 Å². The van der Waals surface area contributed by atoms with Gasteiger partial charge in [-0.1, -0.05) is 42.5 Å². The first kappa shape index (κ1) is 15.7. The number of carboxylic acids is 1. The van der Waals surface area contributed by atoms with Crippen molar-refractivity contribution >= 4 is 5.97 Å². The Morgan fingerprint density at radius 3 is 2.43 bits per heavy atom. The van der Waals surface area contributed by atoms with E-state index >= 15 is 0 Å². The van der Waals surface area contributed by atoms with Crippen LogP contribution in [0.3, 0.4) is 0 Å². The Labute approximate surface area is 135 Å². The summed E-state index contributed by atoms with van der Waals surface area (Å²) in [4.78, 5) is 10.8. The van der Waals surface area contributed by atoms with E-state index in [2.05, 4.69) is 17.4 Å².